The molecule has 6 nitrogen and oxygen atoms in total. The lowest BCUT2D eigenvalue weighted by molar-refractivity contribution is -0.136. The molecule has 0 saturated heterocycles. The van der Waals surface area contributed by atoms with Crippen LogP contribution < -0.4 is 0 Å². The van der Waals surface area contributed by atoms with Crippen molar-refractivity contribution in [2.45, 2.75) is 23.6 Å². The molecule has 0 saturated carbocycles. The Kier molecular flexibility index (Phi) is 3.04. The number of carbonyl (C=O) groups is 1. The molecule has 2 rings (SSSR count). The molecule has 1 atom stereocenters. The Hall–Kier alpha value is -1.63. The van der Waals surface area contributed by atoms with E-state index in [-0.39, 0.29) is 0 Å². The summed E-state index contributed by atoms with van der Waals surface area (Å²) in [6.45, 7) is 1.83. The molecule has 2 heterocycles. The minimum Gasteiger partial charge on any atom is -0.480 e. The molecular formula is C9H10N4O2S. The topological polar surface area (TPSA) is 80.4 Å². The summed E-state index contributed by atoms with van der Waals surface area (Å²) in [6.07, 6.45) is 5.42. The maximum atomic E-state index is 10.9. The minimum absolute atomic E-state index is 0.504. The summed E-state index contributed by atoms with van der Waals surface area (Å²) in [4.78, 5) is 15.0. The van der Waals surface area contributed by atoms with E-state index in [1.54, 1.807) is 23.1 Å². The fraction of sp³-hybridized carbons (Fsp3) is 0.333. The third kappa shape index (κ3) is 1.99. The van der Waals surface area contributed by atoms with Gasteiger partial charge in [0.15, 0.2) is 5.65 Å². The first-order valence-electron chi connectivity index (χ1n) is 4.76. The first-order chi connectivity index (χ1) is 7.72. The van der Waals surface area contributed by atoms with Gasteiger partial charge < -0.3 is 5.11 Å². The van der Waals surface area contributed by atoms with Crippen molar-refractivity contribution < 1.29 is 9.90 Å². The summed E-state index contributed by atoms with van der Waals surface area (Å²) in [5, 5.41) is 16.7. The van der Waals surface area contributed by atoms with Crippen LogP contribution in [0, 0.1) is 0 Å². The zero-order chi connectivity index (χ0) is 11.5. The van der Waals surface area contributed by atoms with E-state index in [1.165, 1.54) is 11.8 Å². The van der Waals surface area contributed by atoms with Gasteiger partial charge in [-0.25, -0.2) is 4.98 Å². The van der Waals surface area contributed by atoms with Crippen LogP contribution in [0.25, 0.3) is 5.65 Å². The third-order valence-corrected chi connectivity index (χ3v) is 3.41. The predicted molar refractivity (Wildman–Crippen MR) is 58.4 cm³/mol. The lowest BCUT2D eigenvalue weighted by atomic mass is 10.3. The van der Waals surface area contributed by atoms with Gasteiger partial charge >= 0.3 is 5.97 Å². The highest BCUT2D eigenvalue weighted by Crippen LogP contribution is 2.26. The molecule has 0 amide bonds. The Bertz CT molecular complexity index is 513. The van der Waals surface area contributed by atoms with Crippen LogP contribution in [0.3, 0.4) is 0 Å². The van der Waals surface area contributed by atoms with Gasteiger partial charge in [-0.15, -0.1) is 10.2 Å². The van der Waals surface area contributed by atoms with E-state index >= 15 is 0 Å². The number of hydrogen-bond acceptors (Lipinski definition) is 5. The summed E-state index contributed by atoms with van der Waals surface area (Å²) >= 11 is 1.20. The molecule has 1 N–H and O–H groups in total. The molecule has 16 heavy (non-hydrogen) atoms. The summed E-state index contributed by atoms with van der Waals surface area (Å²) in [6, 6.07) is 0. The molecule has 0 bridgehead atoms. The number of hydrogen-bond donors (Lipinski definition) is 1. The van der Waals surface area contributed by atoms with Crippen molar-refractivity contribution in [1.82, 2.24) is 19.6 Å². The third-order valence-electron chi connectivity index (χ3n) is 2.08. The molecule has 0 aromatic carbocycles. The van der Waals surface area contributed by atoms with E-state index in [1.807, 2.05) is 6.92 Å². The van der Waals surface area contributed by atoms with Crippen LogP contribution in [-0.4, -0.2) is 35.9 Å². The van der Waals surface area contributed by atoms with E-state index in [9.17, 15) is 4.79 Å². The highest BCUT2D eigenvalue weighted by Gasteiger charge is 2.19. The summed E-state index contributed by atoms with van der Waals surface area (Å²) in [5.74, 6) is -0.837. The monoisotopic (exact) mass is 238 g/mol. The van der Waals surface area contributed by atoms with E-state index in [0.29, 0.717) is 17.1 Å². The van der Waals surface area contributed by atoms with E-state index < -0.39 is 11.2 Å². The van der Waals surface area contributed by atoms with Gasteiger partial charge in [0.25, 0.3) is 0 Å². The van der Waals surface area contributed by atoms with E-state index in [4.69, 9.17) is 5.11 Å². The van der Waals surface area contributed by atoms with Gasteiger partial charge in [-0.05, 0) is 6.42 Å². The van der Waals surface area contributed by atoms with E-state index in [2.05, 4.69) is 15.2 Å². The van der Waals surface area contributed by atoms with Crippen LogP contribution >= 0.6 is 11.8 Å². The Morgan fingerprint density at radius 3 is 3.19 bits per heavy atom. The second kappa shape index (κ2) is 4.48. The summed E-state index contributed by atoms with van der Waals surface area (Å²) in [7, 11) is 0. The Morgan fingerprint density at radius 2 is 2.50 bits per heavy atom. The highest BCUT2D eigenvalue weighted by atomic mass is 32.2. The van der Waals surface area contributed by atoms with Gasteiger partial charge in [-0.1, -0.05) is 18.7 Å². The standard InChI is InChI=1S/C9H10N4O2S/c1-2-6(9(14)15)16-8-7-12-11-5-13(7)4-3-10-8/h3-6H,2H2,1H3,(H,14,15). The van der Waals surface area contributed by atoms with Crippen molar-refractivity contribution >= 4 is 23.4 Å². The Labute approximate surface area is 95.7 Å². The van der Waals surface area contributed by atoms with Crippen molar-refractivity contribution in [2.24, 2.45) is 0 Å². The van der Waals surface area contributed by atoms with Crippen LogP contribution in [0.1, 0.15) is 13.3 Å². The van der Waals surface area contributed by atoms with Gasteiger partial charge in [0.05, 0.1) is 0 Å². The van der Waals surface area contributed by atoms with Crippen LogP contribution in [0.15, 0.2) is 23.7 Å². The SMILES string of the molecule is CCC(Sc1nccn2cnnc12)C(=O)O. The molecule has 0 spiro atoms. The molecule has 1 unspecified atom stereocenters. The molecular weight excluding hydrogens is 228 g/mol. The molecule has 2 aromatic rings. The molecule has 0 fully saturated rings. The molecule has 0 aliphatic heterocycles. The maximum absolute atomic E-state index is 10.9. The predicted octanol–water partition coefficient (Wildman–Crippen LogP) is 1.08. The quantitative estimate of drug-likeness (QED) is 0.803. The average molecular weight is 238 g/mol. The van der Waals surface area contributed by atoms with Crippen LogP contribution in [0.5, 0.6) is 0 Å². The fourth-order valence-corrected chi connectivity index (χ4v) is 2.17. The minimum atomic E-state index is -0.837. The summed E-state index contributed by atoms with van der Waals surface area (Å²) < 4.78 is 1.71. The number of carboxylic acids is 1. The number of carboxylic acid groups (broad SMARTS) is 1. The maximum Gasteiger partial charge on any atom is 0.317 e. The number of aliphatic carboxylic acids is 1. The molecule has 7 heteroatoms. The van der Waals surface area contributed by atoms with Crippen molar-refractivity contribution in [3.8, 4) is 0 Å². The van der Waals surface area contributed by atoms with Gasteiger partial charge in [0.1, 0.15) is 16.6 Å². The van der Waals surface area contributed by atoms with Crippen LogP contribution in [-0.2, 0) is 4.79 Å². The summed E-state index contributed by atoms with van der Waals surface area (Å²) in [5.41, 5.74) is 0.590. The lowest BCUT2D eigenvalue weighted by Gasteiger charge is -2.08. The number of thioether (sulfide) groups is 1. The Morgan fingerprint density at radius 1 is 1.69 bits per heavy atom. The molecule has 2 aromatic heterocycles. The largest absolute Gasteiger partial charge is 0.480 e. The molecule has 0 radical (unpaired) electrons. The van der Waals surface area contributed by atoms with Crippen LogP contribution in [0.4, 0.5) is 0 Å². The molecule has 84 valence electrons. The zero-order valence-electron chi connectivity index (χ0n) is 8.57. The first-order valence-corrected chi connectivity index (χ1v) is 5.64. The molecule has 0 aliphatic carbocycles. The number of nitrogens with zero attached hydrogens (tertiary/aromatic N) is 4. The number of rotatable bonds is 4. The second-order valence-corrected chi connectivity index (χ2v) is 4.34. The van der Waals surface area contributed by atoms with Gasteiger partial charge in [0.2, 0.25) is 0 Å². The normalized spacial score (nSPS) is 12.8. The number of fused-ring (bicyclic) bond motifs is 1. The van der Waals surface area contributed by atoms with E-state index in [0.717, 1.165) is 0 Å². The van der Waals surface area contributed by atoms with Crippen molar-refractivity contribution in [3.63, 3.8) is 0 Å². The highest BCUT2D eigenvalue weighted by molar-refractivity contribution is 8.00. The van der Waals surface area contributed by atoms with Crippen molar-refractivity contribution in [3.05, 3.63) is 18.7 Å². The van der Waals surface area contributed by atoms with Crippen molar-refractivity contribution in [2.75, 3.05) is 0 Å². The Balaban J connectivity index is 2.33. The number of aromatic nitrogens is 4. The van der Waals surface area contributed by atoms with Gasteiger partial charge in [-0.3, -0.25) is 9.20 Å². The van der Waals surface area contributed by atoms with Gasteiger partial charge in [-0.2, -0.15) is 0 Å². The van der Waals surface area contributed by atoms with Gasteiger partial charge in [0, 0.05) is 12.4 Å². The fourth-order valence-electron chi connectivity index (χ4n) is 1.26. The zero-order valence-corrected chi connectivity index (χ0v) is 9.39. The smallest absolute Gasteiger partial charge is 0.317 e. The second-order valence-electron chi connectivity index (χ2n) is 3.15. The average Bonchev–Trinajstić information content (AvgIpc) is 2.73. The first kappa shape index (κ1) is 10.9. The van der Waals surface area contributed by atoms with Crippen molar-refractivity contribution in [1.29, 1.82) is 0 Å². The lowest BCUT2D eigenvalue weighted by Crippen LogP contribution is -2.15. The molecule has 0 aliphatic rings. The van der Waals surface area contributed by atoms with Crippen LogP contribution in [0.2, 0.25) is 0 Å².